The molecule has 0 bridgehead atoms. The average Bonchev–Trinajstić information content (AvgIpc) is 2.71. The molecule has 0 saturated heterocycles. The topological polar surface area (TPSA) is 102 Å². The second kappa shape index (κ2) is 11.6. The van der Waals surface area contributed by atoms with Crippen molar-refractivity contribution in [1.82, 2.24) is 9.97 Å². The summed E-state index contributed by atoms with van der Waals surface area (Å²) in [6.45, 7) is 4.51. The summed E-state index contributed by atoms with van der Waals surface area (Å²) in [5.41, 5.74) is 7.66. The molecule has 8 heteroatoms. The first-order valence-corrected chi connectivity index (χ1v) is 9.78. The Balaban J connectivity index is 1.95. The van der Waals surface area contributed by atoms with E-state index >= 15 is 0 Å². The van der Waals surface area contributed by atoms with E-state index < -0.39 is 0 Å². The largest absolute Gasteiger partial charge is 0.463 e. The highest BCUT2D eigenvalue weighted by Crippen LogP contribution is 2.14. The van der Waals surface area contributed by atoms with Gasteiger partial charge in [-0.3, -0.25) is 9.79 Å². The Morgan fingerprint density at radius 2 is 2.21 bits per heavy atom. The van der Waals surface area contributed by atoms with Crippen molar-refractivity contribution in [3.05, 3.63) is 47.9 Å². The van der Waals surface area contributed by atoms with Gasteiger partial charge >= 0.3 is 0 Å². The van der Waals surface area contributed by atoms with Crippen LogP contribution in [0, 0.1) is 11.8 Å². The van der Waals surface area contributed by atoms with Crippen molar-refractivity contribution in [3.8, 4) is 17.7 Å². The summed E-state index contributed by atoms with van der Waals surface area (Å²) in [5, 5.41) is 3.37. The van der Waals surface area contributed by atoms with Crippen molar-refractivity contribution in [2.75, 3.05) is 17.7 Å². The lowest BCUT2D eigenvalue weighted by molar-refractivity contribution is 0.102. The molecule has 2 aromatic rings. The second-order valence-electron chi connectivity index (χ2n) is 5.61. The molecular weight excluding hydrogens is 374 g/mol. The fourth-order valence-corrected chi connectivity index (χ4v) is 2.62. The molecule has 146 valence electrons. The fourth-order valence-electron chi connectivity index (χ4n) is 2.05. The summed E-state index contributed by atoms with van der Waals surface area (Å²) < 4.78 is 5.28. The van der Waals surface area contributed by atoms with Crippen LogP contribution in [0.1, 0.15) is 36.3 Å². The molecule has 1 aromatic heterocycles. The molecule has 1 aromatic carbocycles. The summed E-state index contributed by atoms with van der Waals surface area (Å²) in [5.74, 6) is 6.39. The molecule has 7 nitrogen and oxygen atoms in total. The van der Waals surface area contributed by atoms with Crippen LogP contribution in [0.3, 0.4) is 0 Å². The molecular formula is C20H23N5O2S. The lowest BCUT2D eigenvalue weighted by atomic mass is 10.2. The van der Waals surface area contributed by atoms with Gasteiger partial charge in [0.15, 0.2) is 11.8 Å². The van der Waals surface area contributed by atoms with Gasteiger partial charge < -0.3 is 15.8 Å². The Hall–Kier alpha value is -3.05. The summed E-state index contributed by atoms with van der Waals surface area (Å²) in [7, 11) is 0. The molecule has 2 rings (SSSR count). The van der Waals surface area contributed by atoms with E-state index in [1.165, 1.54) is 12.4 Å². The van der Waals surface area contributed by atoms with Gasteiger partial charge in [0.2, 0.25) is 5.88 Å². The minimum absolute atomic E-state index is 0.192. The summed E-state index contributed by atoms with van der Waals surface area (Å²) in [6, 6.07) is 7.44. The zero-order valence-corrected chi connectivity index (χ0v) is 16.8. The number of anilines is 1. The third-order valence-electron chi connectivity index (χ3n) is 3.39. The maximum atomic E-state index is 12.4. The monoisotopic (exact) mass is 397 g/mol. The van der Waals surface area contributed by atoms with Crippen molar-refractivity contribution in [2.45, 2.75) is 26.8 Å². The minimum Gasteiger partial charge on any atom is -0.463 e. The number of nitrogens with one attached hydrogen (secondary N) is 1. The Bertz CT molecular complexity index is 872. The Kier molecular flexibility index (Phi) is 8.82. The van der Waals surface area contributed by atoms with Gasteiger partial charge in [-0.05, 0) is 31.0 Å². The Labute approximate surface area is 169 Å². The Morgan fingerprint density at radius 1 is 1.36 bits per heavy atom. The van der Waals surface area contributed by atoms with Crippen molar-refractivity contribution in [1.29, 1.82) is 0 Å². The molecule has 0 fully saturated rings. The molecule has 0 aliphatic rings. The number of rotatable bonds is 8. The SMILES string of the molecule is CC#CCOc1cnc(C(=O)Nc2cccc(CN=C(N)SCCC)c2)cn1. The number of ether oxygens (including phenoxy) is 1. The first kappa shape index (κ1) is 21.3. The number of carbonyl (C=O) groups is 1. The van der Waals surface area contributed by atoms with Crippen LogP contribution in [-0.4, -0.2) is 33.4 Å². The van der Waals surface area contributed by atoms with E-state index in [2.05, 4.69) is 39.0 Å². The molecule has 0 radical (unpaired) electrons. The van der Waals surface area contributed by atoms with Crippen LogP contribution in [0.25, 0.3) is 0 Å². The predicted molar refractivity (Wildman–Crippen MR) is 113 cm³/mol. The van der Waals surface area contributed by atoms with Gasteiger partial charge in [0, 0.05) is 11.4 Å². The van der Waals surface area contributed by atoms with Crippen LogP contribution >= 0.6 is 11.8 Å². The number of aromatic nitrogens is 2. The Morgan fingerprint density at radius 3 is 2.93 bits per heavy atom. The number of amidine groups is 1. The molecule has 0 aliphatic carbocycles. The minimum atomic E-state index is -0.355. The van der Waals surface area contributed by atoms with E-state index in [0.717, 1.165) is 17.7 Å². The molecule has 28 heavy (non-hydrogen) atoms. The number of aliphatic imine (C=N–C) groups is 1. The highest BCUT2D eigenvalue weighted by molar-refractivity contribution is 8.13. The van der Waals surface area contributed by atoms with Crippen molar-refractivity contribution in [3.63, 3.8) is 0 Å². The molecule has 1 amide bonds. The lowest BCUT2D eigenvalue weighted by Crippen LogP contribution is -2.14. The van der Waals surface area contributed by atoms with Gasteiger partial charge in [-0.25, -0.2) is 9.97 Å². The number of amides is 1. The van der Waals surface area contributed by atoms with Crippen molar-refractivity contribution >= 4 is 28.5 Å². The lowest BCUT2D eigenvalue weighted by Gasteiger charge is -2.07. The van der Waals surface area contributed by atoms with Crippen molar-refractivity contribution < 1.29 is 9.53 Å². The van der Waals surface area contributed by atoms with E-state index in [-0.39, 0.29) is 18.2 Å². The molecule has 3 N–H and O–H groups in total. The van der Waals surface area contributed by atoms with Gasteiger partial charge in [0.05, 0.1) is 18.9 Å². The number of nitrogens with two attached hydrogens (primary N) is 1. The van der Waals surface area contributed by atoms with Crippen LogP contribution in [0.15, 0.2) is 41.7 Å². The van der Waals surface area contributed by atoms with Gasteiger partial charge in [-0.1, -0.05) is 36.7 Å². The molecule has 0 aliphatic heterocycles. The fraction of sp³-hybridized carbons (Fsp3) is 0.300. The number of hydrogen-bond acceptors (Lipinski definition) is 6. The maximum Gasteiger partial charge on any atom is 0.275 e. The van der Waals surface area contributed by atoms with Gasteiger partial charge in [-0.2, -0.15) is 0 Å². The van der Waals surface area contributed by atoms with Crippen LogP contribution in [0.4, 0.5) is 5.69 Å². The van der Waals surface area contributed by atoms with Gasteiger partial charge in [0.25, 0.3) is 5.91 Å². The molecule has 1 heterocycles. The van der Waals surface area contributed by atoms with E-state index in [1.54, 1.807) is 24.8 Å². The smallest absolute Gasteiger partial charge is 0.275 e. The highest BCUT2D eigenvalue weighted by Gasteiger charge is 2.09. The predicted octanol–water partition coefficient (Wildman–Crippen LogP) is 3.09. The maximum absolute atomic E-state index is 12.4. The zero-order chi connectivity index (χ0) is 20.2. The van der Waals surface area contributed by atoms with Crippen LogP contribution in [0.5, 0.6) is 5.88 Å². The van der Waals surface area contributed by atoms with E-state index in [0.29, 0.717) is 23.3 Å². The average molecular weight is 398 g/mol. The van der Waals surface area contributed by atoms with Gasteiger partial charge in [-0.15, -0.1) is 5.92 Å². The summed E-state index contributed by atoms with van der Waals surface area (Å²) >= 11 is 1.54. The number of nitrogens with zero attached hydrogens (tertiary/aromatic N) is 3. The highest BCUT2D eigenvalue weighted by atomic mass is 32.2. The van der Waals surface area contributed by atoms with Crippen LogP contribution in [0.2, 0.25) is 0 Å². The van der Waals surface area contributed by atoms with Crippen LogP contribution < -0.4 is 15.8 Å². The summed E-state index contributed by atoms with van der Waals surface area (Å²) in [6.07, 6.45) is 3.81. The first-order chi connectivity index (χ1) is 13.6. The normalized spacial score (nSPS) is 10.7. The zero-order valence-electron chi connectivity index (χ0n) is 15.9. The van der Waals surface area contributed by atoms with E-state index in [9.17, 15) is 4.79 Å². The van der Waals surface area contributed by atoms with Crippen molar-refractivity contribution in [2.24, 2.45) is 10.7 Å². The quantitative estimate of drug-likeness (QED) is 0.403. The van der Waals surface area contributed by atoms with Gasteiger partial charge in [0.1, 0.15) is 5.69 Å². The number of benzene rings is 1. The standard InChI is InChI=1S/C20H23N5O2S/c1-3-5-9-27-18-14-22-17(13-23-18)19(26)25-16-8-6-7-15(11-16)12-24-20(21)28-10-4-2/h6-8,11,13-14H,4,9-10,12H2,1-2H3,(H2,21,24)(H,25,26). The third-order valence-corrected chi connectivity index (χ3v) is 4.42. The second-order valence-corrected chi connectivity index (χ2v) is 6.73. The first-order valence-electron chi connectivity index (χ1n) is 8.79. The number of thioether (sulfide) groups is 1. The molecule has 0 saturated carbocycles. The molecule has 0 atom stereocenters. The van der Waals surface area contributed by atoms with E-state index in [1.807, 2.05) is 18.2 Å². The molecule has 0 unspecified atom stereocenters. The van der Waals surface area contributed by atoms with E-state index in [4.69, 9.17) is 10.5 Å². The molecule has 0 spiro atoms. The summed E-state index contributed by atoms with van der Waals surface area (Å²) in [4.78, 5) is 24.8. The van der Waals surface area contributed by atoms with Crippen LogP contribution in [-0.2, 0) is 6.54 Å². The number of hydrogen-bond donors (Lipinski definition) is 2. The number of carbonyl (C=O) groups excluding carboxylic acids is 1. The third kappa shape index (κ3) is 7.29.